The maximum atomic E-state index is 12.4. The molecule has 7 heteroatoms. The number of nitrogens with two attached hydrogens (primary N) is 2. The van der Waals surface area contributed by atoms with E-state index in [4.69, 9.17) is 16.2 Å². The van der Waals surface area contributed by atoms with Crippen molar-refractivity contribution in [1.29, 1.82) is 0 Å². The largest absolute Gasteiger partial charge is 0.444 e. The SMILES string of the molecule is CCN(C(=O)OCc1ccccc1)C(=O)C(N)CCC(=O)[C@@H](N)CC(C)C. The summed E-state index contributed by atoms with van der Waals surface area (Å²) in [6.45, 7) is 5.85. The molecule has 150 valence electrons. The highest BCUT2D eigenvalue weighted by atomic mass is 16.6. The van der Waals surface area contributed by atoms with E-state index >= 15 is 0 Å². The standard InChI is InChI=1S/C20H31N3O4/c1-4-23(20(26)27-13-15-8-6-5-7-9-15)19(25)16(21)10-11-18(24)17(22)12-14(2)3/h5-9,14,16-17H,4,10-13,21-22H2,1-3H3/t16?,17-/m0/s1. The van der Waals surface area contributed by atoms with E-state index in [1.807, 2.05) is 44.2 Å². The molecule has 2 amide bonds. The Morgan fingerprint density at radius 1 is 1.07 bits per heavy atom. The van der Waals surface area contributed by atoms with Crippen molar-refractivity contribution < 1.29 is 19.1 Å². The number of rotatable bonds is 10. The second-order valence-electron chi connectivity index (χ2n) is 6.97. The summed E-state index contributed by atoms with van der Waals surface area (Å²) in [6, 6.07) is 7.67. The van der Waals surface area contributed by atoms with Gasteiger partial charge in [-0.15, -0.1) is 0 Å². The minimum absolute atomic E-state index is 0.0707. The maximum absolute atomic E-state index is 12.4. The van der Waals surface area contributed by atoms with Gasteiger partial charge in [-0.1, -0.05) is 44.2 Å². The normalized spacial score (nSPS) is 13.1. The first-order chi connectivity index (χ1) is 12.8. The van der Waals surface area contributed by atoms with Gasteiger partial charge in [-0.05, 0) is 31.2 Å². The fourth-order valence-corrected chi connectivity index (χ4v) is 2.62. The van der Waals surface area contributed by atoms with Gasteiger partial charge in [0.05, 0.1) is 12.1 Å². The molecular weight excluding hydrogens is 346 g/mol. The number of benzene rings is 1. The first-order valence-electron chi connectivity index (χ1n) is 9.32. The Balaban J connectivity index is 2.52. The van der Waals surface area contributed by atoms with Crippen molar-refractivity contribution in [3.8, 4) is 0 Å². The molecule has 0 spiro atoms. The third-order valence-corrected chi connectivity index (χ3v) is 4.17. The van der Waals surface area contributed by atoms with Gasteiger partial charge in [0.25, 0.3) is 0 Å². The van der Waals surface area contributed by atoms with E-state index in [9.17, 15) is 14.4 Å². The smallest absolute Gasteiger partial charge is 0.416 e. The first kappa shape index (κ1) is 22.8. The molecule has 0 aliphatic rings. The number of likely N-dealkylation sites (N-methyl/N-ethyl adjacent to an activating group) is 1. The number of Topliss-reactive ketones (excluding diaryl/α,β-unsaturated/α-hetero) is 1. The second-order valence-corrected chi connectivity index (χ2v) is 6.97. The van der Waals surface area contributed by atoms with E-state index in [0.717, 1.165) is 10.5 Å². The van der Waals surface area contributed by atoms with E-state index in [1.165, 1.54) is 0 Å². The third-order valence-electron chi connectivity index (χ3n) is 4.17. The van der Waals surface area contributed by atoms with Crippen LogP contribution in [-0.2, 0) is 20.9 Å². The molecule has 1 rings (SSSR count). The highest BCUT2D eigenvalue weighted by molar-refractivity contribution is 5.95. The van der Waals surface area contributed by atoms with Crippen molar-refractivity contribution in [2.24, 2.45) is 17.4 Å². The molecule has 0 saturated heterocycles. The van der Waals surface area contributed by atoms with Gasteiger partial charge >= 0.3 is 6.09 Å². The lowest BCUT2D eigenvalue weighted by Crippen LogP contribution is -2.47. The summed E-state index contributed by atoms with van der Waals surface area (Å²) in [5.41, 5.74) is 12.6. The van der Waals surface area contributed by atoms with Crippen LogP contribution >= 0.6 is 0 Å². The molecule has 1 aromatic carbocycles. The second kappa shape index (κ2) is 11.5. The van der Waals surface area contributed by atoms with Crippen LogP contribution in [0.3, 0.4) is 0 Å². The molecule has 4 N–H and O–H groups in total. The number of amides is 2. The van der Waals surface area contributed by atoms with Gasteiger partial charge in [0.2, 0.25) is 5.91 Å². The monoisotopic (exact) mass is 377 g/mol. The van der Waals surface area contributed by atoms with E-state index < -0.39 is 24.1 Å². The molecule has 0 aromatic heterocycles. The van der Waals surface area contributed by atoms with Gasteiger partial charge < -0.3 is 16.2 Å². The van der Waals surface area contributed by atoms with Gasteiger partial charge in [-0.25, -0.2) is 9.69 Å². The van der Waals surface area contributed by atoms with Gasteiger partial charge in [-0.3, -0.25) is 9.59 Å². The Kier molecular flexibility index (Phi) is 9.67. The topological polar surface area (TPSA) is 116 Å². The number of nitrogens with zero attached hydrogens (tertiary/aromatic N) is 1. The lowest BCUT2D eigenvalue weighted by Gasteiger charge is -2.22. The van der Waals surface area contributed by atoms with E-state index in [-0.39, 0.29) is 31.8 Å². The summed E-state index contributed by atoms with van der Waals surface area (Å²) in [4.78, 5) is 37.7. The van der Waals surface area contributed by atoms with Gasteiger partial charge in [0, 0.05) is 13.0 Å². The summed E-state index contributed by atoms with van der Waals surface area (Å²) in [5.74, 6) is -0.364. The number of ether oxygens (including phenoxy) is 1. The van der Waals surface area contributed by atoms with Crippen molar-refractivity contribution in [3.05, 3.63) is 35.9 Å². The highest BCUT2D eigenvalue weighted by Gasteiger charge is 2.27. The predicted octanol–water partition coefficient (Wildman–Crippen LogP) is 2.22. The van der Waals surface area contributed by atoms with Crippen molar-refractivity contribution in [2.45, 2.75) is 58.7 Å². The highest BCUT2D eigenvalue weighted by Crippen LogP contribution is 2.10. The molecular formula is C20H31N3O4. The first-order valence-corrected chi connectivity index (χ1v) is 9.32. The molecule has 0 aliphatic heterocycles. The van der Waals surface area contributed by atoms with Crippen LogP contribution in [0.2, 0.25) is 0 Å². The van der Waals surface area contributed by atoms with Crippen LogP contribution in [0.4, 0.5) is 4.79 Å². The molecule has 2 atom stereocenters. The van der Waals surface area contributed by atoms with Gasteiger partial charge in [-0.2, -0.15) is 0 Å². The summed E-state index contributed by atoms with van der Waals surface area (Å²) in [6.07, 6.45) is 0.0998. The van der Waals surface area contributed by atoms with Crippen molar-refractivity contribution >= 4 is 17.8 Å². The van der Waals surface area contributed by atoms with Crippen LogP contribution in [0.15, 0.2) is 30.3 Å². The summed E-state index contributed by atoms with van der Waals surface area (Å²) in [7, 11) is 0. The molecule has 1 unspecified atom stereocenters. The van der Waals surface area contributed by atoms with Gasteiger partial charge in [0.15, 0.2) is 0 Å². The van der Waals surface area contributed by atoms with Crippen molar-refractivity contribution in [2.75, 3.05) is 6.54 Å². The number of imide groups is 1. The van der Waals surface area contributed by atoms with E-state index in [1.54, 1.807) is 6.92 Å². The lowest BCUT2D eigenvalue weighted by atomic mass is 9.97. The summed E-state index contributed by atoms with van der Waals surface area (Å²) < 4.78 is 5.18. The third kappa shape index (κ3) is 7.88. The molecule has 1 aromatic rings. The van der Waals surface area contributed by atoms with Gasteiger partial charge in [0.1, 0.15) is 12.4 Å². The predicted molar refractivity (Wildman–Crippen MR) is 104 cm³/mol. The fraction of sp³-hybridized carbons (Fsp3) is 0.550. The molecule has 0 radical (unpaired) electrons. The van der Waals surface area contributed by atoms with E-state index in [2.05, 4.69) is 0 Å². The van der Waals surface area contributed by atoms with Crippen LogP contribution in [0.1, 0.15) is 45.6 Å². The Bertz CT molecular complexity index is 619. The zero-order valence-electron chi connectivity index (χ0n) is 16.4. The Morgan fingerprint density at radius 2 is 1.70 bits per heavy atom. The number of hydrogen-bond acceptors (Lipinski definition) is 6. The number of carbonyl (C=O) groups is 3. The Morgan fingerprint density at radius 3 is 2.26 bits per heavy atom. The Hall–Kier alpha value is -2.25. The van der Waals surface area contributed by atoms with E-state index in [0.29, 0.717) is 12.3 Å². The van der Waals surface area contributed by atoms with Crippen LogP contribution < -0.4 is 11.5 Å². The Labute approximate surface area is 161 Å². The molecule has 0 heterocycles. The number of ketones is 1. The number of carbonyl (C=O) groups excluding carboxylic acids is 3. The molecule has 0 bridgehead atoms. The fourth-order valence-electron chi connectivity index (χ4n) is 2.62. The lowest BCUT2D eigenvalue weighted by molar-refractivity contribution is -0.131. The average Bonchev–Trinajstić information content (AvgIpc) is 2.64. The molecule has 0 fully saturated rings. The quantitative estimate of drug-likeness (QED) is 0.646. The zero-order chi connectivity index (χ0) is 20.4. The van der Waals surface area contributed by atoms with Crippen LogP contribution in [0.5, 0.6) is 0 Å². The molecule has 0 aliphatic carbocycles. The minimum Gasteiger partial charge on any atom is -0.444 e. The van der Waals surface area contributed by atoms with Crippen molar-refractivity contribution in [3.63, 3.8) is 0 Å². The molecule has 7 nitrogen and oxygen atoms in total. The summed E-state index contributed by atoms with van der Waals surface area (Å²) in [5, 5.41) is 0. The number of hydrogen-bond donors (Lipinski definition) is 2. The van der Waals surface area contributed by atoms with Crippen LogP contribution in [0, 0.1) is 5.92 Å². The zero-order valence-corrected chi connectivity index (χ0v) is 16.4. The summed E-state index contributed by atoms with van der Waals surface area (Å²) >= 11 is 0. The van der Waals surface area contributed by atoms with Crippen molar-refractivity contribution in [1.82, 2.24) is 4.90 Å². The van der Waals surface area contributed by atoms with Crippen LogP contribution in [-0.4, -0.2) is 41.3 Å². The molecule has 0 saturated carbocycles. The maximum Gasteiger partial charge on any atom is 0.416 e. The average molecular weight is 377 g/mol. The minimum atomic E-state index is -0.954. The van der Waals surface area contributed by atoms with Crippen LogP contribution in [0.25, 0.3) is 0 Å². The molecule has 27 heavy (non-hydrogen) atoms.